The van der Waals surface area contributed by atoms with Gasteiger partial charge in [0, 0.05) is 23.7 Å². The van der Waals surface area contributed by atoms with E-state index < -0.39 is 4.92 Å². The number of halogens is 1. The minimum absolute atomic E-state index is 0. The van der Waals surface area contributed by atoms with Gasteiger partial charge in [0.2, 0.25) is 0 Å². The van der Waals surface area contributed by atoms with Crippen molar-refractivity contribution in [1.29, 1.82) is 0 Å². The first-order valence-corrected chi connectivity index (χ1v) is 4.79. The van der Waals surface area contributed by atoms with Gasteiger partial charge in [-0.05, 0) is 12.5 Å². The van der Waals surface area contributed by atoms with E-state index in [1.165, 1.54) is 18.2 Å². The molecule has 0 aromatic heterocycles. The molecular formula is C10H15ClN2O3. The molecule has 16 heavy (non-hydrogen) atoms. The van der Waals surface area contributed by atoms with Gasteiger partial charge in [-0.15, -0.1) is 12.4 Å². The molecule has 6 heteroatoms. The lowest BCUT2D eigenvalue weighted by Gasteiger charge is -2.11. The summed E-state index contributed by atoms with van der Waals surface area (Å²) in [5, 5.41) is 20.0. The van der Waals surface area contributed by atoms with Crippen molar-refractivity contribution in [3.05, 3.63) is 33.9 Å². The summed E-state index contributed by atoms with van der Waals surface area (Å²) in [5.41, 5.74) is 6.18. The highest BCUT2D eigenvalue weighted by Gasteiger charge is 2.15. The number of phenolic OH excluding ortho intramolecular Hbond substituents is 1. The zero-order valence-corrected chi connectivity index (χ0v) is 9.74. The highest BCUT2D eigenvalue weighted by atomic mass is 35.5. The number of phenols is 1. The molecule has 0 aliphatic heterocycles. The molecule has 1 rings (SSSR count). The smallest absolute Gasteiger partial charge is 0.270 e. The maximum Gasteiger partial charge on any atom is 0.270 e. The molecule has 90 valence electrons. The van der Waals surface area contributed by atoms with Crippen LogP contribution in [0.25, 0.3) is 0 Å². The zero-order valence-electron chi connectivity index (χ0n) is 8.92. The Kier molecular flexibility index (Phi) is 5.77. The highest BCUT2D eigenvalue weighted by molar-refractivity contribution is 5.85. The largest absolute Gasteiger partial charge is 0.508 e. The van der Waals surface area contributed by atoms with E-state index in [1.54, 1.807) is 0 Å². The van der Waals surface area contributed by atoms with E-state index in [0.717, 1.165) is 6.42 Å². The number of hydrogen-bond donors (Lipinski definition) is 2. The van der Waals surface area contributed by atoms with Crippen molar-refractivity contribution in [2.75, 3.05) is 0 Å². The van der Waals surface area contributed by atoms with Crippen LogP contribution in [-0.4, -0.2) is 10.0 Å². The number of nitrogens with two attached hydrogens (primary N) is 1. The summed E-state index contributed by atoms with van der Waals surface area (Å²) in [7, 11) is 0. The standard InChI is InChI=1S/C10H14N2O3.ClH/c1-2-3-9(11)8-6-7(12(14)15)4-5-10(8)13;/h4-6,9,13H,2-3,11H2,1H3;1H/t9-;/m0./s1. The Balaban J connectivity index is 0.00000225. The number of nitro groups is 1. The van der Waals surface area contributed by atoms with Gasteiger partial charge in [-0.1, -0.05) is 13.3 Å². The summed E-state index contributed by atoms with van der Waals surface area (Å²) >= 11 is 0. The lowest BCUT2D eigenvalue weighted by atomic mass is 10.0. The number of benzene rings is 1. The molecule has 0 fully saturated rings. The lowest BCUT2D eigenvalue weighted by Crippen LogP contribution is -2.10. The van der Waals surface area contributed by atoms with Crippen molar-refractivity contribution >= 4 is 18.1 Å². The lowest BCUT2D eigenvalue weighted by molar-refractivity contribution is -0.385. The third kappa shape index (κ3) is 3.36. The summed E-state index contributed by atoms with van der Waals surface area (Å²) in [6.45, 7) is 1.97. The van der Waals surface area contributed by atoms with Crippen molar-refractivity contribution in [3.8, 4) is 5.75 Å². The number of nitrogens with zero attached hydrogens (tertiary/aromatic N) is 1. The number of nitro benzene ring substituents is 1. The number of aromatic hydroxyl groups is 1. The normalized spacial score (nSPS) is 11.6. The molecule has 0 saturated carbocycles. The van der Waals surface area contributed by atoms with Crippen LogP contribution in [0, 0.1) is 10.1 Å². The molecule has 0 amide bonds. The van der Waals surface area contributed by atoms with Crippen LogP contribution in [0.15, 0.2) is 18.2 Å². The number of rotatable bonds is 4. The van der Waals surface area contributed by atoms with Crippen LogP contribution in [0.3, 0.4) is 0 Å². The highest BCUT2D eigenvalue weighted by Crippen LogP contribution is 2.29. The summed E-state index contributed by atoms with van der Waals surface area (Å²) in [6.07, 6.45) is 1.55. The van der Waals surface area contributed by atoms with E-state index in [0.29, 0.717) is 12.0 Å². The fourth-order valence-corrected chi connectivity index (χ4v) is 1.42. The average molecular weight is 247 g/mol. The van der Waals surface area contributed by atoms with Crippen molar-refractivity contribution in [2.45, 2.75) is 25.8 Å². The molecule has 0 spiro atoms. The molecule has 0 aliphatic carbocycles. The van der Waals surface area contributed by atoms with Gasteiger partial charge in [0.1, 0.15) is 5.75 Å². The second kappa shape index (κ2) is 6.30. The van der Waals surface area contributed by atoms with Crippen LogP contribution in [0.1, 0.15) is 31.4 Å². The molecular weight excluding hydrogens is 232 g/mol. The number of hydrogen-bond acceptors (Lipinski definition) is 4. The molecule has 1 aromatic carbocycles. The first kappa shape index (κ1) is 14.7. The predicted octanol–water partition coefficient (Wildman–Crippen LogP) is 2.52. The number of non-ortho nitro benzene ring substituents is 1. The second-order valence-corrected chi connectivity index (χ2v) is 3.40. The fraction of sp³-hybridized carbons (Fsp3) is 0.400. The average Bonchev–Trinajstić information content (AvgIpc) is 2.18. The van der Waals surface area contributed by atoms with Crippen LogP contribution in [-0.2, 0) is 0 Å². The van der Waals surface area contributed by atoms with Gasteiger partial charge in [0.05, 0.1) is 4.92 Å². The molecule has 0 radical (unpaired) electrons. The quantitative estimate of drug-likeness (QED) is 0.631. The summed E-state index contributed by atoms with van der Waals surface area (Å²) in [5.74, 6) is 0.0153. The van der Waals surface area contributed by atoms with Crippen LogP contribution in [0.2, 0.25) is 0 Å². The van der Waals surface area contributed by atoms with Crippen LogP contribution in [0.4, 0.5) is 5.69 Å². The molecule has 0 aliphatic rings. The van der Waals surface area contributed by atoms with E-state index >= 15 is 0 Å². The van der Waals surface area contributed by atoms with Crippen molar-refractivity contribution in [3.63, 3.8) is 0 Å². The molecule has 0 heterocycles. The Labute approximate surface area is 99.8 Å². The van der Waals surface area contributed by atoms with Gasteiger partial charge >= 0.3 is 0 Å². The maximum atomic E-state index is 10.5. The Bertz CT molecular complexity index is 371. The third-order valence-corrected chi connectivity index (χ3v) is 2.22. The van der Waals surface area contributed by atoms with Crippen LogP contribution in [0.5, 0.6) is 5.75 Å². The molecule has 0 saturated heterocycles. The van der Waals surface area contributed by atoms with E-state index in [1.807, 2.05) is 6.92 Å². The van der Waals surface area contributed by atoms with Crippen molar-refractivity contribution in [2.24, 2.45) is 5.73 Å². The minimum atomic E-state index is -0.498. The third-order valence-electron chi connectivity index (χ3n) is 2.22. The SMILES string of the molecule is CCC[C@H](N)c1cc([N+](=O)[O-])ccc1O.Cl. The van der Waals surface area contributed by atoms with Crippen LogP contribution < -0.4 is 5.73 Å². The second-order valence-electron chi connectivity index (χ2n) is 3.40. The Hall–Kier alpha value is -1.33. The monoisotopic (exact) mass is 246 g/mol. The molecule has 0 unspecified atom stereocenters. The molecule has 1 atom stereocenters. The first-order valence-electron chi connectivity index (χ1n) is 4.79. The van der Waals surface area contributed by atoms with Crippen molar-refractivity contribution in [1.82, 2.24) is 0 Å². The first-order chi connectivity index (χ1) is 7.06. The minimum Gasteiger partial charge on any atom is -0.508 e. The van der Waals surface area contributed by atoms with E-state index in [-0.39, 0.29) is 29.9 Å². The summed E-state index contributed by atoms with van der Waals surface area (Å²) in [4.78, 5) is 10.0. The van der Waals surface area contributed by atoms with Gasteiger partial charge in [-0.3, -0.25) is 10.1 Å². The Morgan fingerprint density at radius 3 is 2.69 bits per heavy atom. The summed E-state index contributed by atoms with van der Waals surface area (Å²) < 4.78 is 0. The van der Waals surface area contributed by atoms with Gasteiger partial charge < -0.3 is 10.8 Å². The van der Waals surface area contributed by atoms with E-state index in [9.17, 15) is 15.2 Å². The van der Waals surface area contributed by atoms with E-state index in [4.69, 9.17) is 5.73 Å². The van der Waals surface area contributed by atoms with Crippen LogP contribution >= 0.6 is 12.4 Å². The van der Waals surface area contributed by atoms with Gasteiger partial charge in [-0.2, -0.15) is 0 Å². The fourth-order valence-electron chi connectivity index (χ4n) is 1.42. The molecule has 5 nitrogen and oxygen atoms in total. The van der Waals surface area contributed by atoms with Gasteiger partial charge in [-0.25, -0.2) is 0 Å². The van der Waals surface area contributed by atoms with Crippen molar-refractivity contribution < 1.29 is 10.0 Å². The Morgan fingerprint density at radius 2 is 2.19 bits per heavy atom. The molecule has 3 N–H and O–H groups in total. The topological polar surface area (TPSA) is 89.4 Å². The van der Waals surface area contributed by atoms with E-state index in [2.05, 4.69) is 0 Å². The zero-order chi connectivity index (χ0) is 11.4. The molecule has 0 bridgehead atoms. The predicted molar refractivity (Wildman–Crippen MR) is 63.8 cm³/mol. The van der Waals surface area contributed by atoms with Gasteiger partial charge in [0.25, 0.3) is 5.69 Å². The maximum absolute atomic E-state index is 10.5. The molecule has 1 aromatic rings. The van der Waals surface area contributed by atoms with Gasteiger partial charge in [0.15, 0.2) is 0 Å². The Morgan fingerprint density at radius 1 is 1.56 bits per heavy atom. The summed E-state index contributed by atoms with van der Waals surface area (Å²) in [6, 6.07) is 3.55.